The van der Waals surface area contributed by atoms with Crippen LogP contribution in [-0.4, -0.2) is 43.9 Å². The third-order valence-corrected chi connectivity index (χ3v) is 6.62. The molecule has 1 N–H and O–H groups in total. The van der Waals surface area contributed by atoms with Gasteiger partial charge in [0.15, 0.2) is 0 Å². The van der Waals surface area contributed by atoms with Gasteiger partial charge < -0.3 is 10.1 Å². The minimum atomic E-state index is -3.28. The van der Waals surface area contributed by atoms with E-state index < -0.39 is 33.9 Å². The Morgan fingerprint density at radius 1 is 1.03 bits per heavy atom. The minimum Gasteiger partial charge on any atom is -0.447 e. The Bertz CT molecular complexity index is 1020. The van der Waals surface area contributed by atoms with Gasteiger partial charge in [0.1, 0.15) is 0 Å². The molecule has 0 radical (unpaired) electrons. The molecule has 1 heterocycles. The lowest BCUT2D eigenvalue weighted by atomic mass is 9.98. The highest BCUT2D eigenvalue weighted by molar-refractivity contribution is 7.88. The van der Waals surface area contributed by atoms with Crippen LogP contribution in [0.15, 0.2) is 48.5 Å². The summed E-state index contributed by atoms with van der Waals surface area (Å²) in [5, 5.41) is 2.85. The molecule has 2 aromatic carbocycles. The lowest BCUT2D eigenvalue weighted by Crippen LogP contribution is -2.40. The first-order chi connectivity index (χ1) is 14.6. The van der Waals surface area contributed by atoms with E-state index >= 15 is 0 Å². The maximum Gasteiger partial charge on any atom is 0.310 e. The minimum absolute atomic E-state index is 0.267. The average molecular weight is 445 g/mol. The number of amides is 1. The predicted molar refractivity (Wildman–Crippen MR) is 119 cm³/mol. The summed E-state index contributed by atoms with van der Waals surface area (Å²) in [6, 6.07) is 14.6. The fourth-order valence-electron chi connectivity index (χ4n) is 3.79. The maximum absolute atomic E-state index is 13.1. The number of benzene rings is 2. The summed E-state index contributed by atoms with van der Waals surface area (Å²) in [6.07, 6.45) is 0.801. The monoisotopic (exact) mass is 444 g/mol. The average Bonchev–Trinajstić information content (AvgIpc) is 2.71. The summed E-state index contributed by atoms with van der Waals surface area (Å²) in [5.74, 6) is -1.37. The smallest absolute Gasteiger partial charge is 0.310 e. The summed E-state index contributed by atoms with van der Waals surface area (Å²) in [7, 11) is -3.28. The van der Waals surface area contributed by atoms with Gasteiger partial charge >= 0.3 is 5.97 Å². The van der Waals surface area contributed by atoms with E-state index in [1.54, 1.807) is 24.3 Å². The highest BCUT2D eigenvalue weighted by Crippen LogP contribution is 2.26. The van der Waals surface area contributed by atoms with Crippen molar-refractivity contribution in [2.75, 3.05) is 24.7 Å². The van der Waals surface area contributed by atoms with Crippen LogP contribution in [0.1, 0.15) is 35.6 Å². The lowest BCUT2D eigenvalue weighted by Gasteiger charge is -2.30. The first-order valence-electron chi connectivity index (χ1n) is 10.2. The number of sulfonamides is 1. The van der Waals surface area contributed by atoms with Crippen LogP contribution in [0.5, 0.6) is 0 Å². The molecule has 7 nitrogen and oxygen atoms in total. The molecule has 0 spiro atoms. The van der Waals surface area contributed by atoms with E-state index in [4.69, 9.17) is 4.74 Å². The number of nitrogens with zero attached hydrogens (tertiary/aromatic N) is 1. The number of anilines is 1. The molecule has 1 amide bonds. The number of rotatable bonds is 6. The van der Waals surface area contributed by atoms with E-state index in [-0.39, 0.29) is 13.1 Å². The number of piperidine rings is 1. The zero-order valence-electron chi connectivity index (χ0n) is 18.0. The fourth-order valence-corrected chi connectivity index (χ4v) is 4.67. The molecule has 1 atom stereocenters. The Morgan fingerprint density at radius 3 is 2.16 bits per heavy atom. The van der Waals surface area contributed by atoms with Crippen LogP contribution < -0.4 is 5.32 Å². The Hall–Kier alpha value is -2.71. The number of hydrogen-bond acceptors (Lipinski definition) is 5. The molecule has 0 bridgehead atoms. The first kappa shape index (κ1) is 23.0. The van der Waals surface area contributed by atoms with Gasteiger partial charge in [-0.2, -0.15) is 0 Å². The van der Waals surface area contributed by atoms with Gasteiger partial charge in [0, 0.05) is 24.3 Å². The molecular weight excluding hydrogens is 416 g/mol. The number of ether oxygens (including phenoxy) is 1. The molecule has 2 aromatic rings. The summed E-state index contributed by atoms with van der Waals surface area (Å²) in [4.78, 5) is 25.9. The summed E-state index contributed by atoms with van der Waals surface area (Å²) >= 11 is 0. The number of esters is 1. The normalized spacial score (nSPS) is 16.5. The number of hydrogen-bond donors (Lipinski definition) is 1. The molecule has 1 fully saturated rings. The second-order valence-corrected chi connectivity index (χ2v) is 10.0. The van der Waals surface area contributed by atoms with Crippen LogP contribution in [-0.2, 0) is 24.3 Å². The zero-order chi connectivity index (χ0) is 22.6. The summed E-state index contributed by atoms with van der Waals surface area (Å²) in [5.41, 5.74) is 3.25. The zero-order valence-corrected chi connectivity index (χ0v) is 18.8. The van der Waals surface area contributed by atoms with E-state index in [1.165, 1.54) is 4.31 Å². The molecular formula is C23H28N2O5S. The van der Waals surface area contributed by atoms with Crippen LogP contribution in [0.2, 0.25) is 0 Å². The summed E-state index contributed by atoms with van der Waals surface area (Å²) < 4.78 is 30.4. The fraction of sp³-hybridized carbons (Fsp3) is 0.391. The lowest BCUT2D eigenvalue weighted by molar-refractivity contribution is -0.160. The van der Waals surface area contributed by atoms with Crippen LogP contribution in [0.25, 0.3) is 0 Å². The molecule has 166 valence electrons. The van der Waals surface area contributed by atoms with Crippen molar-refractivity contribution in [3.05, 3.63) is 65.2 Å². The third kappa shape index (κ3) is 6.15. The second-order valence-electron chi connectivity index (χ2n) is 8.03. The van der Waals surface area contributed by atoms with E-state index in [9.17, 15) is 18.0 Å². The molecule has 1 aliphatic rings. The maximum atomic E-state index is 13.1. The van der Waals surface area contributed by atoms with Crippen molar-refractivity contribution in [3.63, 3.8) is 0 Å². The number of carbonyl (C=O) groups excluding carboxylic acids is 2. The van der Waals surface area contributed by atoms with Crippen LogP contribution in [0.4, 0.5) is 5.69 Å². The van der Waals surface area contributed by atoms with Gasteiger partial charge in [-0.05, 0) is 49.9 Å². The van der Waals surface area contributed by atoms with Crippen LogP contribution >= 0.6 is 0 Å². The van der Waals surface area contributed by atoms with Gasteiger partial charge in [0.25, 0.3) is 5.91 Å². The van der Waals surface area contributed by atoms with Crippen molar-refractivity contribution in [2.45, 2.75) is 32.8 Å². The van der Waals surface area contributed by atoms with Crippen molar-refractivity contribution in [1.29, 1.82) is 0 Å². The number of aryl methyl sites for hydroxylation is 2. The Morgan fingerprint density at radius 2 is 1.61 bits per heavy atom. The van der Waals surface area contributed by atoms with E-state index in [0.29, 0.717) is 24.1 Å². The molecule has 3 rings (SSSR count). The SMILES string of the molecule is Cc1cc(C)cc(NC(=O)C(OC(=O)C2CCN(S(C)(=O)=O)CC2)c2ccccc2)c1. The number of nitrogens with one attached hydrogen (secondary N) is 1. The molecule has 31 heavy (non-hydrogen) atoms. The van der Waals surface area contributed by atoms with Crippen molar-refractivity contribution < 1.29 is 22.7 Å². The van der Waals surface area contributed by atoms with Crippen molar-refractivity contribution in [3.8, 4) is 0 Å². The third-order valence-electron chi connectivity index (χ3n) is 5.32. The molecule has 0 aromatic heterocycles. The van der Waals surface area contributed by atoms with Crippen molar-refractivity contribution in [2.24, 2.45) is 5.92 Å². The van der Waals surface area contributed by atoms with Gasteiger partial charge in [-0.25, -0.2) is 12.7 Å². The van der Waals surface area contributed by atoms with Crippen molar-refractivity contribution in [1.82, 2.24) is 4.31 Å². The molecule has 1 saturated heterocycles. The van der Waals surface area contributed by atoms with Crippen LogP contribution in [0, 0.1) is 19.8 Å². The van der Waals surface area contributed by atoms with Crippen molar-refractivity contribution >= 4 is 27.6 Å². The highest BCUT2D eigenvalue weighted by Gasteiger charge is 2.33. The predicted octanol–water partition coefficient (Wildman–Crippen LogP) is 3.20. The quantitative estimate of drug-likeness (QED) is 0.691. The van der Waals surface area contributed by atoms with Crippen LogP contribution in [0.3, 0.4) is 0 Å². The largest absolute Gasteiger partial charge is 0.447 e. The van der Waals surface area contributed by atoms with E-state index in [0.717, 1.165) is 17.4 Å². The molecule has 1 unspecified atom stereocenters. The summed E-state index contributed by atoms with van der Waals surface area (Å²) in [6.45, 7) is 4.42. The van der Waals surface area contributed by atoms with E-state index in [2.05, 4.69) is 5.32 Å². The Labute approximate surface area is 183 Å². The molecule has 0 aliphatic carbocycles. The van der Waals surface area contributed by atoms with Gasteiger partial charge in [0.05, 0.1) is 12.2 Å². The number of carbonyl (C=O) groups is 2. The van der Waals surface area contributed by atoms with Gasteiger partial charge in [-0.15, -0.1) is 0 Å². The molecule has 1 aliphatic heterocycles. The van der Waals surface area contributed by atoms with Gasteiger partial charge in [0.2, 0.25) is 16.1 Å². The Balaban J connectivity index is 1.74. The van der Waals surface area contributed by atoms with Gasteiger partial charge in [-0.3, -0.25) is 9.59 Å². The molecule has 8 heteroatoms. The standard InChI is InChI=1S/C23H28N2O5S/c1-16-13-17(2)15-20(14-16)24-22(26)21(18-7-5-4-6-8-18)30-23(27)19-9-11-25(12-10-19)31(3,28)29/h4-8,13-15,19,21H,9-12H2,1-3H3,(H,24,26). The topological polar surface area (TPSA) is 92.8 Å². The first-order valence-corrected chi connectivity index (χ1v) is 12.1. The van der Waals surface area contributed by atoms with E-state index in [1.807, 2.05) is 38.1 Å². The van der Waals surface area contributed by atoms with Gasteiger partial charge in [-0.1, -0.05) is 36.4 Å². The highest BCUT2D eigenvalue weighted by atomic mass is 32.2. The molecule has 0 saturated carbocycles. The second kappa shape index (κ2) is 9.62. The Kier molecular flexibility index (Phi) is 7.12.